The summed E-state index contributed by atoms with van der Waals surface area (Å²) in [6.45, 7) is 6.29. The fourth-order valence-electron chi connectivity index (χ4n) is 1.14. The SMILES string of the molecule is CCn1nc(C(C)C)cc(C#N)c1=O. The van der Waals surface area contributed by atoms with E-state index in [1.54, 1.807) is 6.07 Å². The van der Waals surface area contributed by atoms with Gasteiger partial charge < -0.3 is 0 Å². The van der Waals surface area contributed by atoms with Crippen LogP contribution in [0.1, 0.15) is 37.9 Å². The van der Waals surface area contributed by atoms with Gasteiger partial charge in [0.25, 0.3) is 5.56 Å². The van der Waals surface area contributed by atoms with Crippen LogP contribution in [0.2, 0.25) is 0 Å². The zero-order valence-corrected chi connectivity index (χ0v) is 8.61. The molecular weight excluding hydrogens is 178 g/mol. The summed E-state index contributed by atoms with van der Waals surface area (Å²) in [6.07, 6.45) is 0. The fraction of sp³-hybridized carbons (Fsp3) is 0.500. The van der Waals surface area contributed by atoms with Gasteiger partial charge in [-0.3, -0.25) is 4.79 Å². The predicted molar refractivity (Wildman–Crippen MR) is 53.0 cm³/mol. The lowest BCUT2D eigenvalue weighted by molar-refractivity contribution is 0.584. The third-order valence-corrected chi connectivity index (χ3v) is 2.00. The van der Waals surface area contributed by atoms with E-state index in [-0.39, 0.29) is 17.0 Å². The van der Waals surface area contributed by atoms with Gasteiger partial charge in [-0.05, 0) is 18.9 Å². The Labute approximate surface area is 82.8 Å². The third kappa shape index (κ3) is 1.82. The number of hydrogen-bond donors (Lipinski definition) is 0. The second-order valence-electron chi connectivity index (χ2n) is 3.37. The molecular formula is C10H13N3O. The first kappa shape index (κ1) is 10.5. The molecule has 4 nitrogen and oxygen atoms in total. The van der Waals surface area contributed by atoms with Crippen molar-refractivity contribution in [2.75, 3.05) is 0 Å². The second kappa shape index (κ2) is 4.05. The van der Waals surface area contributed by atoms with Crippen molar-refractivity contribution < 1.29 is 0 Å². The van der Waals surface area contributed by atoms with E-state index in [1.807, 2.05) is 26.8 Å². The Balaban J connectivity index is 3.42. The van der Waals surface area contributed by atoms with Crippen LogP contribution >= 0.6 is 0 Å². The molecule has 0 radical (unpaired) electrons. The van der Waals surface area contributed by atoms with Crippen LogP contribution in [0, 0.1) is 11.3 Å². The molecule has 74 valence electrons. The van der Waals surface area contributed by atoms with Crippen LogP contribution in [-0.4, -0.2) is 9.78 Å². The molecule has 0 atom stereocenters. The molecule has 0 saturated heterocycles. The van der Waals surface area contributed by atoms with Gasteiger partial charge in [0, 0.05) is 6.54 Å². The van der Waals surface area contributed by atoms with E-state index in [2.05, 4.69) is 5.10 Å². The molecule has 0 aromatic carbocycles. The van der Waals surface area contributed by atoms with E-state index in [4.69, 9.17) is 5.26 Å². The van der Waals surface area contributed by atoms with Crippen molar-refractivity contribution in [2.45, 2.75) is 33.2 Å². The van der Waals surface area contributed by atoms with Gasteiger partial charge >= 0.3 is 0 Å². The molecule has 0 unspecified atom stereocenters. The Hall–Kier alpha value is -1.63. The molecule has 1 heterocycles. The van der Waals surface area contributed by atoms with Crippen molar-refractivity contribution in [3.05, 3.63) is 27.7 Å². The summed E-state index contributed by atoms with van der Waals surface area (Å²) in [5.74, 6) is 0.223. The Kier molecular flexibility index (Phi) is 3.03. The Morgan fingerprint density at radius 2 is 2.29 bits per heavy atom. The van der Waals surface area contributed by atoms with E-state index in [1.165, 1.54) is 4.68 Å². The molecule has 0 amide bonds. The van der Waals surface area contributed by atoms with Crippen LogP contribution in [0.15, 0.2) is 10.9 Å². The first-order chi connectivity index (χ1) is 6.60. The molecule has 1 aromatic heterocycles. The zero-order chi connectivity index (χ0) is 10.7. The number of rotatable bonds is 2. The van der Waals surface area contributed by atoms with Gasteiger partial charge in [0.1, 0.15) is 11.6 Å². The summed E-state index contributed by atoms with van der Waals surface area (Å²) < 4.78 is 1.33. The Bertz CT molecular complexity index is 426. The third-order valence-electron chi connectivity index (χ3n) is 2.00. The van der Waals surface area contributed by atoms with Gasteiger partial charge in [0.05, 0.1) is 5.69 Å². The van der Waals surface area contributed by atoms with Crippen LogP contribution < -0.4 is 5.56 Å². The minimum Gasteiger partial charge on any atom is -0.266 e. The number of aromatic nitrogens is 2. The summed E-state index contributed by atoms with van der Waals surface area (Å²) >= 11 is 0. The standard InChI is InChI=1S/C10H13N3O/c1-4-13-10(14)8(6-11)5-9(12-13)7(2)3/h5,7H,4H2,1-3H3. The van der Waals surface area contributed by atoms with Gasteiger partial charge in [-0.1, -0.05) is 13.8 Å². The quantitative estimate of drug-likeness (QED) is 0.707. The van der Waals surface area contributed by atoms with Crippen LogP contribution in [0.5, 0.6) is 0 Å². The number of nitriles is 1. The van der Waals surface area contributed by atoms with Gasteiger partial charge in [-0.15, -0.1) is 0 Å². The van der Waals surface area contributed by atoms with E-state index in [0.29, 0.717) is 6.54 Å². The number of nitrogens with zero attached hydrogens (tertiary/aromatic N) is 3. The van der Waals surface area contributed by atoms with Gasteiger partial charge in [-0.2, -0.15) is 10.4 Å². The zero-order valence-electron chi connectivity index (χ0n) is 8.61. The smallest absolute Gasteiger partial charge is 0.266 e. The highest BCUT2D eigenvalue weighted by Crippen LogP contribution is 2.09. The van der Waals surface area contributed by atoms with E-state index >= 15 is 0 Å². The molecule has 4 heteroatoms. The van der Waals surface area contributed by atoms with Crippen LogP contribution in [0.3, 0.4) is 0 Å². The molecule has 0 aliphatic heterocycles. The molecule has 0 fully saturated rings. The summed E-state index contributed by atoms with van der Waals surface area (Å²) in [6, 6.07) is 3.46. The van der Waals surface area contributed by atoms with Gasteiger partial charge in [-0.25, -0.2) is 4.68 Å². The molecule has 0 aliphatic carbocycles. The molecule has 0 N–H and O–H groups in total. The molecule has 14 heavy (non-hydrogen) atoms. The lowest BCUT2D eigenvalue weighted by atomic mass is 10.1. The van der Waals surface area contributed by atoms with Crippen molar-refractivity contribution in [1.82, 2.24) is 9.78 Å². The summed E-state index contributed by atoms with van der Waals surface area (Å²) in [4.78, 5) is 11.5. The van der Waals surface area contributed by atoms with E-state index in [9.17, 15) is 4.79 Å². The molecule has 0 aliphatic rings. The topological polar surface area (TPSA) is 58.7 Å². The maximum Gasteiger partial charge on any atom is 0.284 e. The minimum atomic E-state index is -0.306. The fourth-order valence-corrected chi connectivity index (χ4v) is 1.14. The normalized spacial score (nSPS) is 10.2. The van der Waals surface area contributed by atoms with Crippen molar-refractivity contribution in [1.29, 1.82) is 5.26 Å². The van der Waals surface area contributed by atoms with Crippen LogP contribution in [-0.2, 0) is 6.54 Å². The average Bonchev–Trinajstić information content (AvgIpc) is 2.17. The molecule has 0 saturated carbocycles. The Morgan fingerprint density at radius 1 is 1.64 bits per heavy atom. The molecule has 0 spiro atoms. The average molecular weight is 191 g/mol. The highest BCUT2D eigenvalue weighted by molar-refractivity contribution is 5.27. The highest BCUT2D eigenvalue weighted by Gasteiger charge is 2.08. The molecule has 1 aromatic rings. The summed E-state index contributed by atoms with van der Waals surface area (Å²) in [5, 5.41) is 12.9. The summed E-state index contributed by atoms with van der Waals surface area (Å²) in [5.41, 5.74) is 0.646. The van der Waals surface area contributed by atoms with E-state index < -0.39 is 0 Å². The highest BCUT2D eigenvalue weighted by atomic mass is 16.1. The lowest BCUT2D eigenvalue weighted by Crippen LogP contribution is -2.25. The van der Waals surface area contributed by atoms with Gasteiger partial charge in [0.2, 0.25) is 0 Å². The maximum absolute atomic E-state index is 11.5. The summed E-state index contributed by atoms with van der Waals surface area (Å²) in [7, 11) is 0. The molecule has 0 bridgehead atoms. The minimum absolute atomic E-state index is 0.172. The van der Waals surface area contributed by atoms with Crippen molar-refractivity contribution in [2.24, 2.45) is 0 Å². The van der Waals surface area contributed by atoms with Crippen molar-refractivity contribution in [3.8, 4) is 6.07 Å². The molecule has 1 rings (SSSR count). The van der Waals surface area contributed by atoms with Crippen LogP contribution in [0.25, 0.3) is 0 Å². The monoisotopic (exact) mass is 191 g/mol. The number of hydrogen-bond acceptors (Lipinski definition) is 3. The maximum atomic E-state index is 11.5. The largest absolute Gasteiger partial charge is 0.284 e. The lowest BCUT2D eigenvalue weighted by Gasteiger charge is -2.07. The second-order valence-corrected chi connectivity index (χ2v) is 3.37. The number of aryl methyl sites for hydroxylation is 1. The van der Waals surface area contributed by atoms with Crippen LogP contribution in [0.4, 0.5) is 0 Å². The first-order valence-corrected chi connectivity index (χ1v) is 4.62. The first-order valence-electron chi connectivity index (χ1n) is 4.62. The van der Waals surface area contributed by atoms with Crippen molar-refractivity contribution >= 4 is 0 Å². The predicted octanol–water partition coefficient (Wildman–Crippen LogP) is 1.26. The van der Waals surface area contributed by atoms with Crippen molar-refractivity contribution in [3.63, 3.8) is 0 Å². The van der Waals surface area contributed by atoms with E-state index in [0.717, 1.165) is 5.69 Å². The Morgan fingerprint density at radius 3 is 2.71 bits per heavy atom. The van der Waals surface area contributed by atoms with Gasteiger partial charge in [0.15, 0.2) is 0 Å².